The SMILES string of the molecule is O=C(c1nnc(-c2ncccc2P)o1)N1CCc2[nH]cnc2[C@H]1c1cc2c(OC(F)F)cccn2n1. The molecule has 6 heterocycles. The van der Waals surface area contributed by atoms with Crippen LogP contribution >= 0.6 is 9.24 Å². The third-order valence-electron chi connectivity index (χ3n) is 5.81. The van der Waals surface area contributed by atoms with Crippen molar-refractivity contribution in [3.05, 3.63) is 72.0 Å². The number of H-pyrrole nitrogens is 1. The number of alkyl halides is 2. The summed E-state index contributed by atoms with van der Waals surface area (Å²) in [7, 11) is 2.53. The standard InChI is InChI=1S/C22H17F2N8O3P/c23-22(24)34-14-3-2-7-32-13(14)9-12(30-32)18-16-11(26-10-27-16)5-8-31(18)21(33)20-29-28-19(35-20)17-15(36)4-1-6-25-17/h1-4,6-7,9-10,18,22H,5,8,36H2,(H,26,27)/t18-/m1/s1. The quantitative estimate of drug-likeness (QED) is 0.357. The van der Waals surface area contributed by atoms with E-state index in [0.717, 1.165) is 11.0 Å². The van der Waals surface area contributed by atoms with Crippen molar-refractivity contribution in [1.82, 2.24) is 39.7 Å². The first-order valence-corrected chi connectivity index (χ1v) is 11.4. The maximum atomic E-state index is 13.6. The minimum Gasteiger partial charge on any atom is -0.433 e. The highest BCUT2D eigenvalue weighted by molar-refractivity contribution is 7.27. The number of carbonyl (C=O) groups is 1. The van der Waals surface area contributed by atoms with Gasteiger partial charge in [0, 0.05) is 36.4 Å². The number of fused-ring (bicyclic) bond motifs is 2. The van der Waals surface area contributed by atoms with Crippen molar-refractivity contribution >= 4 is 26.0 Å². The molecule has 1 aliphatic rings. The fourth-order valence-electron chi connectivity index (χ4n) is 4.26. The third-order valence-corrected chi connectivity index (χ3v) is 6.28. The normalized spacial score (nSPS) is 15.4. The number of rotatable bonds is 5. The van der Waals surface area contributed by atoms with Gasteiger partial charge in [-0.15, -0.1) is 19.4 Å². The maximum Gasteiger partial charge on any atom is 0.387 e. The van der Waals surface area contributed by atoms with Gasteiger partial charge in [-0.05, 0) is 24.3 Å². The van der Waals surface area contributed by atoms with Gasteiger partial charge >= 0.3 is 18.4 Å². The molecular weight excluding hydrogens is 493 g/mol. The summed E-state index contributed by atoms with van der Waals surface area (Å²) in [6, 6.07) is 7.42. The molecule has 0 fully saturated rings. The second-order valence-corrected chi connectivity index (χ2v) is 8.54. The van der Waals surface area contributed by atoms with Crippen LogP contribution < -0.4 is 10.0 Å². The number of halogens is 2. The Morgan fingerprint density at radius 1 is 1.25 bits per heavy atom. The summed E-state index contributed by atoms with van der Waals surface area (Å²) in [6.45, 7) is -2.68. The Bertz CT molecular complexity index is 1580. The molecule has 1 amide bonds. The smallest absolute Gasteiger partial charge is 0.387 e. The van der Waals surface area contributed by atoms with Crippen molar-refractivity contribution < 1.29 is 22.7 Å². The Hall–Kier alpha value is -4.25. The van der Waals surface area contributed by atoms with Crippen LogP contribution in [0.15, 0.2) is 53.5 Å². The molecule has 5 aromatic heterocycles. The van der Waals surface area contributed by atoms with Gasteiger partial charge in [-0.1, -0.05) is 6.07 Å². The summed E-state index contributed by atoms with van der Waals surface area (Å²) in [5, 5.41) is 13.2. The van der Waals surface area contributed by atoms with E-state index in [-0.39, 0.29) is 17.5 Å². The number of ether oxygens (including phenoxy) is 1. The van der Waals surface area contributed by atoms with E-state index in [1.165, 1.54) is 15.5 Å². The van der Waals surface area contributed by atoms with Crippen LogP contribution in [0.2, 0.25) is 0 Å². The Kier molecular flexibility index (Phi) is 5.41. The van der Waals surface area contributed by atoms with Gasteiger partial charge in [0.05, 0.1) is 17.7 Å². The lowest BCUT2D eigenvalue weighted by molar-refractivity contribution is -0.0490. The molecule has 0 radical (unpaired) electrons. The molecule has 36 heavy (non-hydrogen) atoms. The van der Waals surface area contributed by atoms with Gasteiger partial charge in [0.2, 0.25) is 0 Å². The second kappa shape index (κ2) is 8.76. The van der Waals surface area contributed by atoms with Crippen molar-refractivity contribution in [2.75, 3.05) is 6.54 Å². The topological polar surface area (TPSA) is 127 Å². The molecular formula is C22H17F2N8O3P. The van der Waals surface area contributed by atoms with E-state index in [1.54, 1.807) is 36.9 Å². The molecule has 6 rings (SSSR count). The Labute approximate surface area is 203 Å². The largest absolute Gasteiger partial charge is 0.433 e. The van der Waals surface area contributed by atoms with Crippen LogP contribution in [0, 0.1) is 0 Å². The fraction of sp³-hybridized carbons (Fsp3) is 0.182. The van der Waals surface area contributed by atoms with Crippen LogP contribution in [0.1, 0.15) is 33.8 Å². The van der Waals surface area contributed by atoms with Crippen molar-refractivity contribution in [2.45, 2.75) is 19.1 Å². The number of pyridine rings is 2. The van der Waals surface area contributed by atoms with E-state index in [4.69, 9.17) is 4.42 Å². The van der Waals surface area contributed by atoms with Crippen molar-refractivity contribution in [2.24, 2.45) is 0 Å². The first-order chi connectivity index (χ1) is 17.5. The Morgan fingerprint density at radius 2 is 2.14 bits per heavy atom. The zero-order valence-corrected chi connectivity index (χ0v) is 19.5. The molecule has 5 aromatic rings. The van der Waals surface area contributed by atoms with Crippen LogP contribution in [0.25, 0.3) is 17.1 Å². The molecule has 0 saturated carbocycles. The lowest BCUT2D eigenvalue weighted by Gasteiger charge is -2.32. The van der Waals surface area contributed by atoms with Crippen molar-refractivity contribution in [1.29, 1.82) is 0 Å². The van der Waals surface area contributed by atoms with E-state index < -0.39 is 18.6 Å². The number of nitrogens with zero attached hydrogens (tertiary/aromatic N) is 7. The summed E-state index contributed by atoms with van der Waals surface area (Å²) in [5.41, 5.74) is 2.62. The molecule has 0 aromatic carbocycles. The molecule has 2 atom stereocenters. The van der Waals surface area contributed by atoms with E-state index in [1.807, 2.05) is 6.07 Å². The van der Waals surface area contributed by atoms with Crippen molar-refractivity contribution in [3.63, 3.8) is 0 Å². The molecule has 182 valence electrons. The summed E-state index contributed by atoms with van der Waals surface area (Å²) in [6.07, 6.45) is 5.25. The highest BCUT2D eigenvalue weighted by Crippen LogP contribution is 2.35. The Morgan fingerprint density at radius 3 is 2.97 bits per heavy atom. The van der Waals surface area contributed by atoms with E-state index in [2.05, 4.69) is 44.2 Å². The van der Waals surface area contributed by atoms with Crippen molar-refractivity contribution in [3.8, 4) is 17.3 Å². The molecule has 1 aliphatic heterocycles. The van der Waals surface area contributed by atoms with Crippen LogP contribution in [-0.2, 0) is 6.42 Å². The number of hydrogen-bond acceptors (Lipinski definition) is 8. The summed E-state index contributed by atoms with van der Waals surface area (Å²) in [5.74, 6) is -0.656. The van der Waals surface area contributed by atoms with Crippen LogP contribution in [0.4, 0.5) is 8.78 Å². The van der Waals surface area contributed by atoms with Gasteiger partial charge in [-0.2, -0.15) is 13.9 Å². The number of hydrogen-bond donors (Lipinski definition) is 1. The predicted octanol–water partition coefficient (Wildman–Crippen LogP) is 2.39. The molecule has 0 saturated heterocycles. The highest BCUT2D eigenvalue weighted by Gasteiger charge is 2.38. The Balaban J connectivity index is 1.40. The first kappa shape index (κ1) is 22.2. The van der Waals surface area contributed by atoms with Gasteiger partial charge in [0.25, 0.3) is 5.89 Å². The molecule has 0 bridgehead atoms. The molecule has 14 heteroatoms. The number of nitrogens with one attached hydrogen (secondary N) is 1. The van der Waals surface area contributed by atoms with Gasteiger partial charge in [0.15, 0.2) is 5.75 Å². The highest BCUT2D eigenvalue weighted by atomic mass is 31.0. The summed E-state index contributed by atoms with van der Waals surface area (Å²) < 4.78 is 37.6. The zero-order valence-electron chi connectivity index (χ0n) is 18.4. The van der Waals surface area contributed by atoms with Gasteiger partial charge < -0.3 is 19.0 Å². The average Bonchev–Trinajstić information content (AvgIpc) is 3.62. The molecule has 0 aliphatic carbocycles. The van der Waals surface area contributed by atoms with Crippen LogP contribution in [0.5, 0.6) is 5.75 Å². The molecule has 1 unspecified atom stereocenters. The number of aromatic nitrogens is 7. The van der Waals surface area contributed by atoms with Gasteiger partial charge in [-0.3, -0.25) is 9.78 Å². The second-order valence-electron chi connectivity index (χ2n) is 7.92. The zero-order chi connectivity index (χ0) is 24.8. The lowest BCUT2D eigenvalue weighted by Crippen LogP contribution is -2.41. The first-order valence-electron chi connectivity index (χ1n) is 10.8. The third kappa shape index (κ3) is 3.77. The summed E-state index contributed by atoms with van der Waals surface area (Å²) in [4.78, 5) is 26.8. The number of aromatic amines is 1. The number of imidazole rings is 1. The molecule has 1 N–H and O–H groups in total. The lowest BCUT2D eigenvalue weighted by atomic mass is 9.99. The predicted molar refractivity (Wildman–Crippen MR) is 124 cm³/mol. The number of carbonyl (C=O) groups excluding carboxylic acids is 1. The van der Waals surface area contributed by atoms with E-state index in [9.17, 15) is 13.6 Å². The molecule has 0 spiro atoms. The fourth-order valence-corrected chi connectivity index (χ4v) is 4.57. The van der Waals surface area contributed by atoms with E-state index in [0.29, 0.717) is 35.6 Å². The molecule has 11 nitrogen and oxygen atoms in total. The van der Waals surface area contributed by atoms with Crippen LogP contribution in [-0.4, -0.2) is 58.7 Å². The monoisotopic (exact) mass is 510 g/mol. The van der Waals surface area contributed by atoms with Crippen LogP contribution in [0.3, 0.4) is 0 Å². The van der Waals surface area contributed by atoms with Gasteiger partial charge in [-0.25, -0.2) is 9.50 Å². The number of amides is 1. The van der Waals surface area contributed by atoms with E-state index >= 15 is 0 Å². The van der Waals surface area contributed by atoms with Gasteiger partial charge in [0.1, 0.15) is 17.3 Å². The minimum atomic E-state index is -2.99. The average molecular weight is 510 g/mol. The summed E-state index contributed by atoms with van der Waals surface area (Å²) >= 11 is 0. The minimum absolute atomic E-state index is 0.0349. The maximum absolute atomic E-state index is 13.6.